The van der Waals surface area contributed by atoms with Gasteiger partial charge in [0.2, 0.25) is 0 Å². The Labute approximate surface area is 170 Å². The van der Waals surface area contributed by atoms with Crippen LogP contribution in [0.25, 0.3) is 0 Å². The van der Waals surface area contributed by atoms with E-state index >= 15 is 0 Å². The Kier molecular flexibility index (Phi) is 5.46. The van der Waals surface area contributed by atoms with Crippen molar-refractivity contribution in [3.63, 3.8) is 0 Å². The molecule has 1 amide bonds. The van der Waals surface area contributed by atoms with Gasteiger partial charge in [0, 0.05) is 38.8 Å². The summed E-state index contributed by atoms with van der Waals surface area (Å²) in [6.45, 7) is 7.40. The van der Waals surface area contributed by atoms with Gasteiger partial charge in [-0.3, -0.25) is 4.79 Å². The van der Waals surface area contributed by atoms with Crippen LogP contribution in [0.1, 0.15) is 27.5 Å². The molecule has 1 aliphatic rings. The van der Waals surface area contributed by atoms with Crippen molar-refractivity contribution >= 4 is 17.5 Å². The quantitative estimate of drug-likeness (QED) is 0.720. The number of hydrogen-bond acceptors (Lipinski definition) is 6. The van der Waals surface area contributed by atoms with E-state index in [0.717, 1.165) is 30.5 Å². The molecular formula is C22H25N5O2. The van der Waals surface area contributed by atoms with Gasteiger partial charge < -0.3 is 19.5 Å². The van der Waals surface area contributed by atoms with Gasteiger partial charge in [0.25, 0.3) is 5.91 Å². The average molecular weight is 391 g/mol. The van der Waals surface area contributed by atoms with Crippen LogP contribution in [-0.2, 0) is 6.54 Å². The molecule has 4 rings (SSSR count). The van der Waals surface area contributed by atoms with E-state index in [1.165, 1.54) is 17.4 Å². The van der Waals surface area contributed by atoms with Crippen LogP contribution in [0, 0.1) is 13.8 Å². The summed E-state index contributed by atoms with van der Waals surface area (Å²) in [4.78, 5) is 25.6. The molecule has 0 radical (unpaired) electrons. The van der Waals surface area contributed by atoms with E-state index in [4.69, 9.17) is 4.42 Å². The first-order valence-corrected chi connectivity index (χ1v) is 9.81. The van der Waals surface area contributed by atoms with Crippen LogP contribution in [0.5, 0.6) is 0 Å². The number of piperazine rings is 1. The normalized spacial score (nSPS) is 14.1. The maximum Gasteiger partial charge on any atom is 0.289 e. The lowest BCUT2D eigenvalue weighted by Gasteiger charge is -2.35. The maximum absolute atomic E-state index is 12.4. The van der Waals surface area contributed by atoms with Gasteiger partial charge in [-0.25, -0.2) is 9.97 Å². The van der Waals surface area contributed by atoms with Crippen molar-refractivity contribution in [2.75, 3.05) is 36.4 Å². The molecule has 0 atom stereocenters. The van der Waals surface area contributed by atoms with Crippen LogP contribution in [0.3, 0.4) is 0 Å². The summed E-state index contributed by atoms with van der Waals surface area (Å²) in [5.41, 5.74) is 2.46. The summed E-state index contributed by atoms with van der Waals surface area (Å²) in [7, 11) is 0. The monoisotopic (exact) mass is 391 g/mol. The molecule has 1 saturated heterocycles. The molecule has 29 heavy (non-hydrogen) atoms. The zero-order valence-corrected chi connectivity index (χ0v) is 16.8. The summed E-state index contributed by atoms with van der Waals surface area (Å²) in [5.74, 6) is 2.74. The zero-order valence-electron chi connectivity index (χ0n) is 16.8. The lowest BCUT2D eigenvalue weighted by Crippen LogP contribution is -2.49. The van der Waals surface area contributed by atoms with E-state index in [0.29, 0.717) is 25.4 Å². The van der Waals surface area contributed by atoms with Crippen molar-refractivity contribution in [1.82, 2.24) is 14.9 Å². The lowest BCUT2D eigenvalue weighted by atomic mass is 10.1. The van der Waals surface area contributed by atoms with Gasteiger partial charge in [0.05, 0.1) is 6.26 Å². The van der Waals surface area contributed by atoms with Gasteiger partial charge >= 0.3 is 0 Å². The molecule has 7 nitrogen and oxygen atoms in total. The number of furan rings is 1. The van der Waals surface area contributed by atoms with Crippen molar-refractivity contribution in [2.45, 2.75) is 20.4 Å². The number of carbonyl (C=O) groups excluding carboxylic acids is 1. The third kappa shape index (κ3) is 4.56. The lowest BCUT2D eigenvalue weighted by molar-refractivity contribution is 0.0714. The second kappa shape index (κ2) is 8.34. The van der Waals surface area contributed by atoms with E-state index in [1.807, 2.05) is 17.9 Å². The topological polar surface area (TPSA) is 74.5 Å². The average Bonchev–Trinajstić information content (AvgIpc) is 3.27. The highest BCUT2D eigenvalue weighted by Crippen LogP contribution is 2.19. The smallest absolute Gasteiger partial charge is 0.289 e. The fourth-order valence-corrected chi connectivity index (χ4v) is 3.40. The van der Waals surface area contributed by atoms with Gasteiger partial charge in [-0.15, -0.1) is 0 Å². The standard InChI is InChI=1S/C22H25N5O2/c1-16-5-7-18(8-6-16)15-23-20-14-21(25-17(2)24-20)26-9-11-27(12-10-26)22(28)19-4-3-13-29-19/h3-8,13-14H,9-12,15H2,1-2H3,(H,23,24,25). The number of anilines is 2. The largest absolute Gasteiger partial charge is 0.459 e. The van der Waals surface area contributed by atoms with Crippen molar-refractivity contribution in [3.05, 3.63) is 71.4 Å². The third-order valence-electron chi connectivity index (χ3n) is 5.04. The molecule has 1 N–H and O–H groups in total. The fourth-order valence-electron chi connectivity index (χ4n) is 3.40. The van der Waals surface area contributed by atoms with Gasteiger partial charge in [0.1, 0.15) is 17.5 Å². The molecule has 1 aliphatic heterocycles. The SMILES string of the molecule is Cc1ccc(CNc2cc(N3CCN(C(=O)c4ccco4)CC3)nc(C)n2)cc1. The first-order valence-electron chi connectivity index (χ1n) is 9.81. The zero-order chi connectivity index (χ0) is 20.2. The number of aryl methyl sites for hydroxylation is 2. The highest BCUT2D eigenvalue weighted by Gasteiger charge is 2.24. The number of aromatic nitrogens is 2. The Bertz CT molecular complexity index is 961. The Morgan fingerprint density at radius 3 is 2.52 bits per heavy atom. The molecule has 0 unspecified atom stereocenters. The molecule has 0 bridgehead atoms. The highest BCUT2D eigenvalue weighted by atomic mass is 16.3. The maximum atomic E-state index is 12.4. The molecule has 1 fully saturated rings. The second-order valence-corrected chi connectivity index (χ2v) is 7.25. The van der Waals surface area contributed by atoms with Gasteiger partial charge in [0.15, 0.2) is 5.76 Å². The van der Waals surface area contributed by atoms with Crippen LogP contribution in [0.2, 0.25) is 0 Å². The number of amides is 1. The molecule has 0 spiro atoms. The van der Waals surface area contributed by atoms with E-state index in [1.54, 1.807) is 12.1 Å². The van der Waals surface area contributed by atoms with Crippen LogP contribution >= 0.6 is 0 Å². The molecule has 3 aromatic rings. The summed E-state index contributed by atoms with van der Waals surface area (Å²) in [6.07, 6.45) is 1.53. The Balaban J connectivity index is 1.39. The van der Waals surface area contributed by atoms with Crippen LogP contribution in [0.15, 0.2) is 53.1 Å². The Hall–Kier alpha value is -3.35. The van der Waals surface area contributed by atoms with Crippen LogP contribution < -0.4 is 10.2 Å². The van der Waals surface area contributed by atoms with Crippen molar-refractivity contribution in [3.8, 4) is 0 Å². The molecule has 3 heterocycles. The minimum atomic E-state index is -0.0611. The van der Waals surface area contributed by atoms with Gasteiger partial charge in [-0.05, 0) is 31.5 Å². The molecule has 2 aromatic heterocycles. The molecule has 0 aliphatic carbocycles. The first kappa shape index (κ1) is 19.0. The summed E-state index contributed by atoms with van der Waals surface area (Å²) >= 11 is 0. The molecule has 1 aromatic carbocycles. The number of hydrogen-bond donors (Lipinski definition) is 1. The second-order valence-electron chi connectivity index (χ2n) is 7.25. The molecule has 150 valence electrons. The van der Waals surface area contributed by atoms with E-state index in [9.17, 15) is 4.79 Å². The molecule has 7 heteroatoms. The van der Waals surface area contributed by atoms with Crippen molar-refractivity contribution < 1.29 is 9.21 Å². The van der Waals surface area contributed by atoms with E-state index in [-0.39, 0.29) is 5.91 Å². The van der Waals surface area contributed by atoms with Crippen LogP contribution in [-0.4, -0.2) is 47.0 Å². The number of carbonyl (C=O) groups is 1. The number of benzene rings is 1. The van der Waals surface area contributed by atoms with Gasteiger partial charge in [-0.2, -0.15) is 0 Å². The summed E-state index contributed by atoms with van der Waals surface area (Å²) in [5, 5.41) is 3.39. The minimum Gasteiger partial charge on any atom is -0.459 e. The Morgan fingerprint density at radius 1 is 1.07 bits per heavy atom. The third-order valence-corrected chi connectivity index (χ3v) is 5.04. The van der Waals surface area contributed by atoms with Gasteiger partial charge in [-0.1, -0.05) is 29.8 Å². The minimum absolute atomic E-state index is 0.0611. The predicted molar refractivity (Wildman–Crippen MR) is 112 cm³/mol. The summed E-state index contributed by atoms with van der Waals surface area (Å²) in [6, 6.07) is 13.9. The highest BCUT2D eigenvalue weighted by molar-refractivity contribution is 5.91. The van der Waals surface area contributed by atoms with E-state index < -0.39 is 0 Å². The Morgan fingerprint density at radius 2 is 1.83 bits per heavy atom. The molecule has 0 saturated carbocycles. The predicted octanol–water partition coefficient (Wildman–Crippen LogP) is 3.26. The van der Waals surface area contributed by atoms with Crippen LogP contribution in [0.4, 0.5) is 11.6 Å². The summed E-state index contributed by atoms with van der Waals surface area (Å²) < 4.78 is 5.23. The number of nitrogens with zero attached hydrogens (tertiary/aromatic N) is 4. The van der Waals surface area contributed by atoms with Crippen molar-refractivity contribution in [1.29, 1.82) is 0 Å². The first-order chi connectivity index (χ1) is 14.1. The van der Waals surface area contributed by atoms with E-state index in [2.05, 4.69) is 51.4 Å². The molecular weight excluding hydrogens is 366 g/mol. The number of nitrogens with one attached hydrogen (secondary N) is 1. The fraction of sp³-hybridized carbons (Fsp3) is 0.318. The van der Waals surface area contributed by atoms with Crippen molar-refractivity contribution in [2.24, 2.45) is 0 Å². The number of rotatable bonds is 5.